The number of likely N-dealkylation sites (tertiary alicyclic amines) is 1. The van der Waals surface area contributed by atoms with Crippen LogP contribution in [0, 0.1) is 0 Å². The number of nitrogens with zero attached hydrogens (tertiary/aromatic N) is 4. The topological polar surface area (TPSA) is 96.9 Å². The monoisotopic (exact) mass is 237 g/mol. The van der Waals surface area contributed by atoms with Crippen LogP contribution >= 0.6 is 0 Å². The number of hydrogen-bond donors (Lipinski definition) is 2. The number of amidine groups is 1. The van der Waals surface area contributed by atoms with E-state index in [1.807, 2.05) is 0 Å². The molecule has 0 saturated carbocycles. The second-order valence-electron chi connectivity index (χ2n) is 4.02. The van der Waals surface area contributed by atoms with Gasteiger partial charge in [-0.25, -0.2) is 9.97 Å². The van der Waals surface area contributed by atoms with Crippen molar-refractivity contribution < 1.29 is 9.94 Å². The summed E-state index contributed by atoms with van der Waals surface area (Å²) in [6.07, 6.45) is 4.04. The van der Waals surface area contributed by atoms with Crippen LogP contribution in [0.3, 0.4) is 0 Å². The molecular formula is C10H15N5O2. The van der Waals surface area contributed by atoms with E-state index in [-0.39, 0.29) is 11.9 Å². The highest BCUT2D eigenvalue weighted by Crippen LogP contribution is 2.14. The zero-order valence-electron chi connectivity index (χ0n) is 9.58. The first-order chi connectivity index (χ1) is 8.19. The highest BCUT2D eigenvalue weighted by Gasteiger charge is 2.21. The summed E-state index contributed by atoms with van der Waals surface area (Å²) in [5.74, 6) is 0.393. The Hall–Kier alpha value is -1.89. The fourth-order valence-corrected chi connectivity index (χ4v) is 1.72. The highest BCUT2D eigenvalue weighted by atomic mass is 16.5. The van der Waals surface area contributed by atoms with Crippen molar-refractivity contribution in [1.82, 2.24) is 14.9 Å². The van der Waals surface area contributed by atoms with Crippen molar-refractivity contribution in [2.24, 2.45) is 10.9 Å². The molecule has 1 aliphatic heterocycles. The van der Waals surface area contributed by atoms with Gasteiger partial charge in [0.1, 0.15) is 11.8 Å². The lowest BCUT2D eigenvalue weighted by Gasteiger charge is -2.12. The van der Waals surface area contributed by atoms with E-state index in [0.717, 1.165) is 19.5 Å². The molecule has 0 amide bonds. The predicted octanol–water partition coefficient (Wildman–Crippen LogP) is -0.346. The van der Waals surface area contributed by atoms with Gasteiger partial charge in [0, 0.05) is 13.1 Å². The molecule has 7 heteroatoms. The lowest BCUT2D eigenvalue weighted by molar-refractivity contribution is 0.199. The van der Waals surface area contributed by atoms with Crippen molar-refractivity contribution in [3.8, 4) is 5.88 Å². The predicted molar refractivity (Wildman–Crippen MR) is 61.1 cm³/mol. The molecule has 1 saturated heterocycles. The molecule has 1 aliphatic rings. The fraction of sp³-hybridized carbons (Fsp3) is 0.500. The minimum Gasteiger partial charge on any atom is -0.472 e. The molecule has 17 heavy (non-hydrogen) atoms. The molecule has 1 atom stereocenters. The van der Waals surface area contributed by atoms with Gasteiger partial charge in [-0.1, -0.05) is 5.16 Å². The average molecular weight is 237 g/mol. The second kappa shape index (κ2) is 4.96. The van der Waals surface area contributed by atoms with Crippen LogP contribution in [0.2, 0.25) is 0 Å². The lowest BCUT2D eigenvalue weighted by atomic mass is 10.3. The zero-order chi connectivity index (χ0) is 12.3. The van der Waals surface area contributed by atoms with Crippen LogP contribution in [0.25, 0.3) is 0 Å². The molecular weight excluding hydrogens is 222 g/mol. The lowest BCUT2D eigenvalue weighted by Crippen LogP contribution is -2.22. The first-order valence-corrected chi connectivity index (χ1v) is 5.34. The van der Waals surface area contributed by atoms with E-state index in [1.54, 1.807) is 0 Å². The van der Waals surface area contributed by atoms with Gasteiger partial charge in [0.05, 0.1) is 12.4 Å². The Balaban J connectivity index is 1.99. The van der Waals surface area contributed by atoms with Gasteiger partial charge in [0.25, 0.3) is 0 Å². The van der Waals surface area contributed by atoms with Gasteiger partial charge in [0.2, 0.25) is 5.88 Å². The summed E-state index contributed by atoms with van der Waals surface area (Å²) in [6, 6.07) is 0. The zero-order valence-corrected chi connectivity index (χ0v) is 9.58. The van der Waals surface area contributed by atoms with Gasteiger partial charge >= 0.3 is 0 Å². The third-order valence-corrected chi connectivity index (χ3v) is 2.63. The molecule has 1 unspecified atom stereocenters. The van der Waals surface area contributed by atoms with Crippen LogP contribution < -0.4 is 10.5 Å². The van der Waals surface area contributed by atoms with Crippen LogP contribution in [0.15, 0.2) is 17.5 Å². The molecule has 1 fully saturated rings. The van der Waals surface area contributed by atoms with Gasteiger partial charge in [-0.05, 0) is 13.5 Å². The second-order valence-corrected chi connectivity index (χ2v) is 4.02. The van der Waals surface area contributed by atoms with E-state index >= 15 is 0 Å². The number of ether oxygens (including phenoxy) is 1. The Morgan fingerprint density at radius 3 is 2.94 bits per heavy atom. The molecule has 0 aromatic carbocycles. The Bertz CT molecular complexity index is 406. The first-order valence-electron chi connectivity index (χ1n) is 5.34. The van der Waals surface area contributed by atoms with Crippen molar-refractivity contribution in [3.63, 3.8) is 0 Å². The largest absolute Gasteiger partial charge is 0.472 e. The van der Waals surface area contributed by atoms with Crippen LogP contribution in [0.1, 0.15) is 12.1 Å². The van der Waals surface area contributed by atoms with Gasteiger partial charge in [-0.2, -0.15) is 0 Å². The Morgan fingerprint density at radius 2 is 2.41 bits per heavy atom. The van der Waals surface area contributed by atoms with Crippen molar-refractivity contribution >= 4 is 5.84 Å². The van der Waals surface area contributed by atoms with Crippen molar-refractivity contribution in [1.29, 1.82) is 0 Å². The normalized spacial score (nSPS) is 21.7. The minimum absolute atomic E-state index is 0.0651. The van der Waals surface area contributed by atoms with E-state index in [0.29, 0.717) is 11.6 Å². The molecule has 92 valence electrons. The fourth-order valence-electron chi connectivity index (χ4n) is 1.72. The minimum atomic E-state index is -0.0651. The summed E-state index contributed by atoms with van der Waals surface area (Å²) in [7, 11) is 2.05. The molecule has 1 aromatic rings. The van der Waals surface area contributed by atoms with Gasteiger partial charge in [-0.15, -0.1) is 0 Å². The first kappa shape index (κ1) is 11.6. The van der Waals surface area contributed by atoms with E-state index in [4.69, 9.17) is 15.7 Å². The number of hydrogen-bond acceptors (Lipinski definition) is 6. The van der Waals surface area contributed by atoms with Crippen molar-refractivity contribution in [2.75, 3.05) is 20.1 Å². The summed E-state index contributed by atoms with van der Waals surface area (Å²) in [6.45, 7) is 1.92. The molecule has 2 rings (SSSR count). The Labute approximate surface area is 98.9 Å². The van der Waals surface area contributed by atoms with Crippen LogP contribution in [-0.2, 0) is 0 Å². The summed E-state index contributed by atoms with van der Waals surface area (Å²) < 4.78 is 5.66. The SMILES string of the molecule is CN1CCC(Oc2cnc(C(N)=NO)cn2)C1. The van der Waals surface area contributed by atoms with E-state index in [1.165, 1.54) is 12.4 Å². The van der Waals surface area contributed by atoms with Gasteiger partial charge in [0.15, 0.2) is 5.84 Å². The van der Waals surface area contributed by atoms with Gasteiger partial charge < -0.3 is 20.6 Å². The van der Waals surface area contributed by atoms with Gasteiger partial charge in [-0.3, -0.25) is 0 Å². The number of nitrogens with two attached hydrogens (primary N) is 1. The summed E-state index contributed by atoms with van der Waals surface area (Å²) in [5, 5.41) is 11.3. The maximum atomic E-state index is 8.47. The number of likely N-dealkylation sites (N-methyl/N-ethyl adjacent to an activating group) is 1. The average Bonchev–Trinajstić information content (AvgIpc) is 2.75. The molecule has 0 aliphatic carbocycles. The number of aromatic nitrogens is 2. The van der Waals surface area contributed by atoms with Crippen LogP contribution in [0.5, 0.6) is 5.88 Å². The maximum Gasteiger partial charge on any atom is 0.232 e. The summed E-state index contributed by atoms with van der Waals surface area (Å²) >= 11 is 0. The summed E-state index contributed by atoms with van der Waals surface area (Å²) in [4.78, 5) is 10.3. The Kier molecular flexibility index (Phi) is 3.38. The maximum absolute atomic E-state index is 8.47. The molecule has 2 heterocycles. The van der Waals surface area contributed by atoms with E-state index < -0.39 is 0 Å². The summed E-state index contributed by atoms with van der Waals surface area (Å²) in [5.41, 5.74) is 5.70. The van der Waals surface area contributed by atoms with Crippen molar-refractivity contribution in [3.05, 3.63) is 18.1 Å². The highest BCUT2D eigenvalue weighted by molar-refractivity contribution is 5.94. The number of rotatable bonds is 3. The third-order valence-electron chi connectivity index (χ3n) is 2.63. The standard InChI is InChI=1S/C10H15N5O2/c1-15-3-2-7(6-15)17-9-5-12-8(4-13-9)10(11)14-16/h4-5,7,16H,2-3,6H2,1H3,(H2,11,14). The molecule has 3 N–H and O–H groups in total. The smallest absolute Gasteiger partial charge is 0.232 e. The van der Waals surface area contributed by atoms with Crippen LogP contribution in [0.4, 0.5) is 0 Å². The molecule has 0 radical (unpaired) electrons. The molecule has 7 nitrogen and oxygen atoms in total. The third kappa shape index (κ3) is 2.82. The molecule has 0 bridgehead atoms. The Morgan fingerprint density at radius 1 is 1.59 bits per heavy atom. The van der Waals surface area contributed by atoms with Crippen LogP contribution in [-0.4, -0.2) is 52.2 Å². The molecule has 1 aromatic heterocycles. The van der Waals surface area contributed by atoms with E-state index in [9.17, 15) is 0 Å². The van der Waals surface area contributed by atoms with Crippen molar-refractivity contribution in [2.45, 2.75) is 12.5 Å². The number of oxime groups is 1. The quantitative estimate of drug-likeness (QED) is 0.323. The van der Waals surface area contributed by atoms with E-state index in [2.05, 4.69) is 27.1 Å². The molecule has 0 spiro atoms.